The van der Waals surface area contributed by atoms with Gasteiger partial charge in [0.15, 0.2) is 0 Å². The molecule has 21 heavy (non-hydrogen) atoms. The van der Waals surface area contributed by atoms with Crippen LogP contribution in [0.15, 0.2) is 60.9 Å². The maximum Gasteiger partial charge on any atom is 0.119 e. The van der Waals surface area contributed by atoms with Gasteiger partial charge in [-0.3, -0.25) is 4.98 Å². The van der Waals surface area contributed by atoms with Crippen molar-refractivity contribution in [1.82, 2.24) is 4.98 Å². The molecular formula is C18H18N2O. The number of hydrogen-bond acceptors (Lipinski definition) is 3. The van der Waals surface area contributed by atoms with E-state index in [1.807, 2.05) is 55.7 Å². The largest absolute Gasteiger partial charge is 0.494 e. The van der Waals surface area contributed by atoms with Gasteiger partial charge in [0.2, 0.25) is 0 Å². The van der Waals surface area contributed by atoms with E-state index >= 15 is 0 Å². The highest BCUT2D eigenvalue weighted by Crippen LogP contribution is 2.27. The Morgan fingerprint density at radius 2 is 1.81 bits per heavy atom. The second kappa shape index (κ2) is 5.94. The van der Waals surface area contributed by atoms with Crippen LogP contribution in [0.4, 0.5) is 0 Å². The molecule has 3 aromatic rings. The SMILES string of the molecule is CCOc1ccc(C(N)c2cncc3ccccc23)cc1. The first kappa shape index (κ1) is 13.6. The molecule has 0 spiro atoms. The molecule has 0 saturated heterocycles. The van der Waals surface area contributed by atoms with Crippen molar-refractivity contribution in [3.8, 4) is 5.75 Å². The Kier molecular flexibility index (Phi) is 3.84. The fourth-order valence-electron chi connectivity index (χ4n) is 2.51. The van der Waals surface area contributed by atoms with Gasteiger partial charge in [0.05, 0.1) is 12.6 Å². The molecule has 0 aliphatic rings. The minimum absolute atomic E-state index is 0.195. The molecule has 3 rings (SSSR count). The molecule has 3 heteroatoms. The molecular weight excluding hydrogens is 260 g/mol. The van der Waals surface area contributed by atoms with Crippen molar-refractivity contribution in [2.45, 2.75) is 13.0 Å². The van der Waals surface area contributed by atoms with E-state index in [2.05, 4.69) is 17.1 Å². The zero-order valence-corrected chi connectivity index (χ0v) is 12.0. The minimum Gasteiger partial charge on any atom is -0.494 e. The molecule has 1 unspecified atom stereocenters. The molecule has 0 fully saturated rings. The third kappa shape index (κ3) is 2.73. The zero-order valence-electron chi connectivity index (χ0n) is 12.0. The Morgan fingerprint density at radius 3 is 2.57 bits per heavy atom. The summed E-state index contributed by atoms with van der Waals surface area (Å²) in [6, 6.07) is 15.9. The number of fused-ring (bicyclic) bond motifs is 1. The summed E-state index contributed by atoms with van der Waals surface area (Å²) in [7, 11) is 0. The van der Waals surface area contributed by atoms with Crippen LogP contribution in [-0.2, 0) is 0 Å². The zero-order chi connectivity index (χ0) is 14.7. The van der Waals surface area contributed by atoms with E-state index in [4.69, 9.17) is 10.5 Å². The molecule has 0 saturated carbocycles. The van der Waals surface area contributed by atoms with Crippen LogP contribution in [0.2, 0.25) is 0 Å². The van der Waals surface area contributed by atoms with Gasteiger partial charge in [-0.1, -0.05) is 36.4 Å². The highest BCUT2D eigenvalue weighted by molar-refractivity contribution is 5.85. The maximum atomic E-state index is 6.43. The van der Waals surface area contributed by atoms with Crippen molar-refractivity contribution in [2.24, 2.45) is 5.73 Å². The fraction of sp³-hybridized carbons (Fsp3) is 0.167. The van der Waals surface area contributed by atoms with Gasteiger partial charge in [-0.25, -0.2) is 0 Å². The van der Waals surface area contributed by atoms with Gasteiger partial charge in [0.25, 0.3) is 0 Å². The lowest BCUT2D eigenvalue weighted by Gasteiger charge is -2.15. The lowest BCUT2D eigenvalue weighted by molar-refractivity contribution is 0.340. The molecule has 2 N–H and O–H groups in total. The van der Waals surface area contributed by atoms with Crippen LogP contribution in [0.3, 0.4) is 0 Å². The van der Waals surface area contributed by atoms with Crippen LogP contribution in [0.1, 0.15) is 24.1 Å². The van der Waals surface area contributed by atoms with Crippen molar-refractivity contribution in [3.05, 3.63) is 72.1 Å². The first-order chi connectivity index (χ1) is 10.3. The van der Waals surface area contributed by atoms with E-state index in [0.29, 0.717) is 6.61 Å². The van der Waals surface area contributed by atoms with E-state index < -0.39 is 0 Å². The maximum absolute atomic E-state index is 6.43. The second-order valence-corrected chi connectivity index (χ2v) is 4.93. The summed E-state index contributed by atoms with van der Waals surface area (Å²) in [5.41, 5.74) is 8.52. The fourth-order valence-corrected chi connectivity index (χ4v) is 2.51. The third-order valence-electron chi connectivity index (χ3n) is 3.58. The molecule has 106 valence electrons. The van der Waals surface area contributed by atoms with Gasteiger partial charge in [-0.15, -0.1) is 0 Å². The monoisotopic (exact) mass is 278 g/mol. The van der Waals surface area contributed by atoms with E-state index in [-0.39, 0.29) is 6.04 Å². The lowest BCUT2D eigenvalue weighted by atomic mass is 9.96. The lowest BCUT2D eigenvalue weighted by Crippen LogP contribution is -2.12. The Balaban J connectivity index is 1.98. The van der Waals surface area contributed by atoms with Crippen LogP contribution in [0, 0.1) is 0 Å². The average Bonchev–Trinajstić information content (AvgIpc) is 2.55. The predicted octanol–water partition coefficient (Wildman–Crippen LogP) is 3.68. The standard InChI is InChI=1S/C18H18N2O/c1-2-21-15-9-7-13(8-10-15)18(19)17-12-20-11-14-5-3-4-6-16(14)17/h3-12,18H,2,19H2,1H3. The van der Waals surface area contributed by atoms with Gasteiger partial charge >= 0.3 is 0 Å². The highest BCUT2D eigenvalue weighted by Gasteiger charge is 2.12. The summed E-state index contributed by atoms with van der Waals surface area (Å²) in [6.07, 6.45) is 3.72. The summed E-state index contributed by atoms with van der Waals surface area (Å²) in [6.45, 7) is 2.64. The van der Waals surface area contributed by atoms with Crippen molar-refractivity contribution in [3.63, 3.8) is 0 Å². The van der Waals surface area contributed by atoms with Crippen LogP contribution in [0.25, 0.3) is 10.8 Å². The molecule has 3 nitrogen and oxygen atoms in total. The van der Waals surface area contributed by atoms with Gasteiger partial charge in [0.1, 0.15) is 5.75 Å². The van der Waals surface area contributed by atoms with Crippen molar-refractivity contribution >= 4 is 10.8 Å². The molecule has 2 aromatic carbocycles. The topological polar surface area (TPSA) is 48.1 Å². The van der Waals surface area contributed by atoms with Crippen molar-refractivity contribution in [2.75, 3.05) is 6.61 Å². The summed E-state index contributed by atoms with van der Waals surface area (Å²) in [5.74, 6) is 0.865. The number of ether oxygens (including phenoxy) is 1. The van der Waals surface area contributed by atoms with Crippen molar-refractivity contribution < 1.29 is 4.74 Å². The van der Waals surface area contributed by atoms with Gasteiger partial charge in [0, 0.05) is 17.8 Å². The van der Waals surface area contributed by atoms with E-state index in [1.165, 1.54) is 0 Å². The molecule has 0 bridgehead atoms. The molecule has 1 atom stereocenters. The number of pyridine rings is 1. The summed E-state index contributed by atoms with van der Waals surface area (Å²) >= 11 is 0. The molecule has 0 aliphatic heterocycles. The quantitative estimate of drug-likeness (QED) is 0.792. The van der Waals surface area contributed by atoms with E-state index in [1.54, 1.807) is 0 Å². The van der Waals surface area contributed by atoms with Gasteiger partial charge in [-0.05, 0) is 35.6 Å². The number of nitrogens with zero attached hydrogens (tertiary/aromatic N) is 1. The van der Waals surface area contributed by atoms with Gasteiger partial charge < -0.3 is 10.5 Å². The molecule has 0 radical (unpaired) electrons. The smallest absolute Gasteiger partial charge is 0.119 e. The number of hydrogen-bond donors (Lipinski definition) is 1. The van der Waals surface area contributed by atoms with Crippen LogP contribution >= 0.6 is 0 Å². The predicted molar refractivity (Wildman–Crippen MR) is 85.4 cm³/mol. The minimum atomic E-state index is -0.195. The Labute approximate surface area is 124 Å². The van der Waals surface area contributed by atoms with Gasteiger partial charge in [-0.2, -0.15) is 0 Å². The Morgan fingerprint density at radius 1 is 1.05 bits per heavy atom. The Bertz CT molecular complexity index is 732. The normalized spacial score (nSPS) is 12.3. The van der Waals surface area contributed by atoms with Crippen molar-refractivity contribution in [1.29, 1.82) is 0 Å². The summed E-state index contributed by atoms with van der Waals surface area (Å²) < 4.78 is 5.46. The van der Waals surface area contributed by atoms with E-state index in [0.717, 1.165) is 27.6 Å². The van der Waals surface area contributed by atoms with E-state index in [9.17, 15) is 0 Å². The molecule has 1 aromatic heterocycles. The summed E-state index contributed by atoms with van der Waals surface area (Å²) in [4.78, 5) is 4.30. The molecule has 0 aliphatic carbocycles. The number of nitrogens with two attached hydrogens (primary N) is 1. The third-order valence-corrected chi connectivity index (χ3v) is 3.58. The second-order valence-electron chi connectivity index (χ2n) is 4.93. The van der Waals surface area contributed by atoms with Crippen LogP contribution in [-0.4, -0.2) is 11.6 Å². The number of benzene rings is 2. The first-order valence-electron chi connectivity index (χ1n) is 7.10. The average molecular weight is 278 g/mol. The van der Waals surface area contributed by atoms with Crippen LogP contribution in [0.5, 0.6) is 5.75 Å². The molecule has 0 amide bonds. The summed E-state index contributed by atoms with van der Waals surface area (Å²) in [5, 5.41) is 2.25. The number of aromatic nitrogens is 1. The number of rotatable bonds is 4. The highest BCUT2D eigenvalue weighted by atomic mass is 16.5. The first-order valence-corrected chi connectivity index (χ1v) is 7.10. The Hall–Kier alpha value is -2.39. The van der Waals surface area contributed by atoms with Crippen LogP contribution < -0.4 is 10.5 Å². The molecule has 1 heterocycles.